The fourth-order valence-electron chi connectivity index (χ4n) is 12.0. The Morgan fingerprint density at radius 2 is 1.92 bits per heavy atom. The summed E-state index contributed by atoms with van der Waals surface area (Å²) in [5.41, 5.74) is 6.57. The topological polar surface area (TPSA) is 90.1 Å². The molecule has 1 aliphatic carbocycles. The highest BCUT2D eigenvalue weighted by Gasteiger charge is 2.68. The summed E-state index contributed by atoms with van der Waals surface area (Å²) in [7, 11) is 7.12. The molecule has 3 aromatic rings. The minimum Gasteiger partial charge on any atom is -0.496 e. The number of nitrogens with one attached hydrogen (secondary N) is 2. The van der Waals surface area contributed by atoms with Crippen LogP contribution in [0.5, 0.6) is 5.75 Å². The molecule has 1 unspecified atom stereocenters. The number of amides is 1. The van der Waals surface area contributed by atoms with Crippen molar-refractivity contribution in [2.45, 2.75) is 68.9 Å². The molecule has 6 aliphatic rings. The largest absolute Gasteiger partial charge is 0.496 e. The van der Waals surface area contributed by atoms with Gasteiger partial charge in [0, 0.05) is 96.6 Å². The summed E-state index contributed by atoms with van der Waals surface area (Å²) in [6.45, 7) is 9.07. The van der Waals surface area contributed by atoms with E-state index in [2.05, 4.69) is 107 Å². The van der Waals surface area contributed by atoms with Gasteiger partial charge in [-0.1, -0.05) is 61.9 Å². The molecule has 0 radical (unpaired) electrons. The molecule has 9 rings (SSSR count). The summed E-state index contributed by atoms with van der Waals surface area (Å²) >= 11 is 0. The lowest BCUT2D eigenvalue weighted by Gasteiger charge is -2.55. The van der Waals surface area contributed by atoms with E-state index < -0.39 is 10.8 Å². The Hall–Kier alpha value is -4.34. The van der Waals surface area contributed by atoms with Gasteiger partial charge in [-0.05, 0) is 67.8 Å². The number of methoxy groups -OCH3 is 2. The molecule has 2 aromatic carbocycles. The molecule has 5 aliphatic heterocycles. The van der Waals surface area contributed by atoms with Gasteiger partial charge in [0.1, 0.15) is 11.2 Å². The summed E-state index contributed by atoms with van der Waals surface area (Å²) in [4.78, 5) is 40.5. The Bertz CT molecular complexity index is 2110. The van der Waals surface area contributed by atoms with Crippen molar-refractivity contribution in [3.63, 3.8) is 0 Å². The first kappa shape index (κ1) is 34.4. The van der Waals surface area contributed by atoms with Crippen LogP contribution in [-0.4, -0.2) is 99.8 Å². The zero-order valence-corrected chi connectivity index (χ0v) is 32.1. The predicted molar refractivity (Wildman–Crippen MR) is 209 cm³/mol. The zero-order chi connectivity index (χ0) is 36.9. The highest BCUT2D eigenvalue weighted by atomic mass is 16.5. The van der Waals surface area contributed by atoms with Gasteiger partial charge in [-0.15, -0.1) is 0 Å². The quantitative estimate of drug-likeness (QED) is 0.253. The molecule has 1 spiro atoms. The number of para-hydroxylation sites is 1. The highest BCUT2D eigenvalue weighted by molar-refractivity contribution is 5.98. The van der Waals surface area contributed by atoms with E-state index >= 15 is 4.79 Å². The smallest absolute Gasteiger partial charge is 0.322 e. The van der Waals surface area contributed by atoms with Crippen molar-refractivity contribution < 1.29 is 19.1 Å². The number of fused-ring (bicyclic) bond motifs is 6. The number of H-pyrrole nitrogens is 1. The number of esters is 1. The maximum Gasteiger partial charge on any atom is 0.322 e. The SMILES string of the molecule is CCC1=C[C@H]2CN(CCc3c([nH]c4ccccc34)[C@@](C(=O)OC)(c3cc4c(cc3OC)N(C)[C@H]3C(C(=O)NC)=C[C@]5(CC)C=CCN6CC[C@]43[C@@H]65)C2)C1. The molecule has 2 N–H and O–H groups in total. The molecule has 9 nitrogen and oxygen atoms in total. The number of likely N-dealkylation sites (N-methyl/N-ethyl adjacent to an activating group) is 2. The van der Waals surface area contributed by atoms with Gasteiger partial charge < -0.3 is 24.7 Å². The van der Waals surface area contributed by atoms with Crippen LogP contribution in [-0.2, 0) is 31.6 Å². The molecule has 2 bridgehead atoms. The predicted octanol–water partition coefficient (Wildman–Crippen LogP) is 5.63. The minimum absolute atomic E-state index is 0.0321. The van der Waals surface area contributed by atoms with Crippen LogP contribution in [0.4, 0.5) is 5.69 Å². The average molecular weight is 716 g/mol. The number of hydrogen-bond donors (Lipinski definition) is 2. The number of carbonyl (C=O) groups is 2. The number of carbonyl (C=O) groups excluding carboxylic acids is 2. The molecule has 9 heteroatoms. The lowest BCUT2D eigenvalue weighted by atomic mass is 9.54. The van der Waals surface area contributed by atoms with E-state index in [4.69, 9.17) is 9.47 Å². The third-order valence-corrected chi connectivity index (χ3v) is 14.2. The number of aromatic amines is 1. The van der Waals surface area contributed by atoms with Gasteiger partial charge in [-0.25, -0.2) is 0 Å². The molecule has 0 saturated carbocycles. The number of aromatic nitrogens is 1. The number of nitrogens with zero attached hydrogens (tertiary/aromatic N) is 3. The molecule has 278 valence electrons. The van der Waals surface area contributed by atoms with Crippen LogP contribution in [0.25, 0.3) is 10.9 Å². The van der Waals surface area contributed by atoms with Crippen LogP contribution in [0.15, 0.2) is 71.8 Å². The van der Waals surface area contributed by atoms with Crippen LogP contribution in [0, 0.1) is 11.3 Å². The Kier molecular flexibility index (Phi) is 8.02. The van der Waals surface area contributed by atoms with Crippen molar-refractivity contribution in [1.29, 1.82) is 0 Å². The van der Waals surface area contributed by atoms with Crippen LogP contribution < -0.4 is 15.0 Å². The third kappa shape index (κ3) is 4.56. The maximum atomic E-state index is 15.2. The van der Waals surface area contributed by atoms with E-state index in [1.165, 1.54) is 23.8 Å². The Morgan fingerprint density at radius 3 is 2.68 bits per heavy atom. The summed E-state index contributed by atoms with van der Waals surface area (Å²) in [5, 5.41) is 4.15. The van der Waals surface area contributed by atoms with E-state index in [9.17, 15) is 4.79 Å². The summed E-state index contributed by atoms with van der Waals surface area (Å²) in [6, 6.07) is 12.9. The summed E-state index contributed by atoms with van der Waals surface area (Å²) in [5.74, 6) is 0.478. The highest BCUT2D eigenvalue weighted by Crippen LogP contribution is 2.65. The fourth-order valence-corrected chi connectivity index (χ4v) is 12.0. The van der Waals surface area contributed by atoms with Crippen LogP contribution in [0.1, 0.15) is 61.9 Å². The molecule has 1 saturated heterocycles. The van der Waals surface area contributed by atoms with Crippen LogP contribution in [0.3, 0.4) is 0 Å². The van der Waals surface area contributed by atoms with E-state index in [0.717, 1.165) is 91.8 Å². The van der Waals surface area contributed by atoms with Gasteiger partial charge in [0.2, 0.25) is 5.91 Å². The van der Waals surface area contributed by atoms with Crippen molar-refractivity contribution in [3.8, 4) is 5.75 Å². The van der Waals surface area contributed by atoms with E-state index in [-0.39, 0.29) is 35.3 Å². The van der Waals surface area contributed by atoms with Crippen molar-refractivity contribution in [2.75, 3.05) is 65.9 Å². The molecular weight excluding hydrogens is 663 g/mol. The van der Waals surface area contributed by atoms with Crippen molar-refractivity contribution in [2.24, 2.45) is 11.3 Å². The first-order valence-corrected chi connectivity index (χ1v) is 19.6. The first-order valence-electron chi connectivity index (χ1n) is 19.6. The average Bonchev–Trinajstić information content (AvgIpc) is 3.85. The van der Waals surface area contributed by atoms with Gasteiger partial charge >= 0.3 is 5.97 Å². The van der Waals surface area contributed by atoms with Gasteiger partial charge in [-0.3, -0.25) is 19.4 Å². The minimum atomic E-state index is -1.19. The van der Waals surface area contributed by atoms with Crippen molar-refractivity contribution in [3.05, 3.63) is 94.2 Å². The van der Waals surface area contributed by atoms with Crippen LogP contribution in [0.2, 0.25) is 0 Å². The van der Waals surface area contributed by atoms with E-state index in [0.29, 0.717) is 12.2 Å². The normalized spacial score (nSPS) is 32.7. The van der Waals surface area contributed by atoms with Crippen molar-refractivity contribution >= 4 is 28.5 Å². The van der Waals surface area contributed by atoms with Gasteiger partial charge in [0.25, 0.3) is 0 Å². The summed E-state index contributed by atoms with van der Waals surface area (Å²) < 4.78 is 12.4. The number of benzene rings is 2. The second kappa shape index (κ2) is 12.4. The number of hydrogen-bond acceptors (Lipinski definition) is 7. The third-order valence-electron chi connectivity index (χ3n) is 14.2. The second-order valence-electron chi connectivity index (χ2n) is 16.4. The Morgan fingerprint density at radius 1 is 1.09 bits per heavy atom. The maximum absolute atomic E-state index is 15.2. The molecule has 7 atom stereocenters. The molecule has 53 heavy (non-hydrogen) atoms. The lowest BCUT2D eigenvalue weighted by Crippen LogP contribution is -2.63. The van der Waals surface area contributed by atoms with Crippen molar-refractivity contribution in [1.82, 2.24) is 20.1 Å². The zero-order valence-electron chi connectivity index (χ0n) is 32.1. The van der Waals surface area contributed by atoms with Crippen LogP contribution >= 0.6 is 0 Å². The molecule has 1 amide bonds. The number of ether oxygens (including phenoxy) is 2. The number of anilines is 1. The van der Waals surface area contributed by atoms with Gasteiger partial charge in [0.05, 0.1) is 20.3 Å². The van der Waals surface area contributed by atoms with Gasteiger partial charge in [0.15, 0.2) is 0 Å². The monoisotopic (exact) mass is 715 g/mol. The fraction of sp³-hybridized carbons (Fsp3) is 0.500. The standard InChI is InChI=1S/C44H53N5O4/c1-7-27-20-28-23-44(41(51)53-6,37-30(14-18-48(25-27)26-28)29-12-9-10-13-34(29)46-37)33-21-32-35(22-36(33)52-5)47(4)38-31(39(50)45-3)24-42(8-2)15-11-17-49-19-16-43(32,38)40(42)49/h9-13,15,20-22,24,28,38,40,46H,7-8,14,16-19,23,25-26H2,1-6H3,(H,45,50)/t28-,38+,40+,42+,43+,44+/m1/s1. The Labute approximate surface area is 313 Å². The molecule has 1 aromatic heterocycles. The Balaban J connectivity index is 1.36. The first-order chi connectivity index (χ1) is 25.7. The number of rotatable bonds is 6. The molecule has 6 heterocycles. The molecular formula is C44H53N5O4. The van der Waals surface area contributed by atoms with E-state index in [1.54, 1.807) is 14.2 Å². The lowest BCUT2D eigenvalue weighted by molar-refractivity contribution is -0.146. The summed E-state index contributed by atoms with van der Waals surface area (Å²) in [6.07, 6.45) is 13.5. The van der Waals surface area contributed by atoms with Gasteiger partial charge in [-0.2, -0.15) is 0 Å². The second-order valence-corrected chi connectivity index (χ2v) is 16.4. The molecule has 1 fully saturated rings. The van der Waals surface area contributed by atoms with E-state index in [1.807, 2.05) is 0 Å².